The highest BCUT2D eigenvalue weighted by Gasteiger charge is 2.17. The highest BCUT2D eigenvalue weighted by atomic mass is 16.5. The van der Waals surface area contributed by atoms with Crippen molar-refractivity contribution in [2.24, 2.45) is 0 Å². The third kappa shape index (κ3) is 4.68. The van der Waals surface area contributed by atoms with E-state index in [9.17, 15) is 4.79 Å². The molecule has 1 unspecified atom stereocenters. The molecule has 0 aliphatic carbocycles. The molecule has 3 heteroatoms. The normalized spacial score (nSPS) is 15.3. The average Bonchev–Trinajstić information content (AvgIpc) is 2.72. The Labute approximate surface area is 162 Å². The van der Waals surface area contributed by atoms with Crippen LogP contribution in [-0.4, -0.2) is 19.1 Å². The van der Waals surface area contributed by atoms with E-state index in [1.165, 1.54) is 18.1 Å². The first kappa shape index (κ1) is 20.5. The van der Waals surface area contributed by atoms with Gasteiger partial charge in [0.15, 0.2) is 0 Å². The van der Waals surface area contributed by atoms with Gasteiger partial charge in [-0.05, 0) is 53.3 Å². The van der Waals surface area contributed by atoms with Crippen molar-refractivity contribution in [3.05, 3.63) is 83.6 Å². The average molecular weight is 364 g/mol. The standard InChI is InChI=1S/C22H23NO2.C2H6/c1-4-7-19-20-9-6-5-8-18(20)17(13-21(19)22(24)25-3)12-16-11-10-15(2)23-14-16;1-2/h4-6,8-11,13-15,23H,1,7,12H2,2-3H3;1-2H3. The van der Waals surface area contributed by atoms with E-state index in [2.05, 4.69) is 49.3 Å². The number of esters is 1. The van der Waals surface area contributed by atoms with Crippen LogP contribution in [0.15, 0.2) is 66.9 Å². The van der Waals surface area contributed by atoms with Crippen LogP contribution in [0.25, 0.3) is 10.8 Å². The van der Waals surface area contributed by atoms with Crippen LogP contribution in [0.4, 0.5) is 0 Å². The van der Waals surface area contributed by atoms with Gasteiger partial charge in [0, 0.05) is 12.2 Å². The predicted molar refractivity (Wildman–Crippen MR) is 114 cm³/mol. The molecule has 0 amide bonds. The molecular formula is C24H29NO2. The van der Waals surface area contributed by atoms with Gasteiger partial charge >= 0.3 is 5.97 Å². The van der Waals surface area contributed by atoms with Gasteiger partial charge in [0.1, 0.15) is 0 Å². The van der Waals surface area contributed by atoms with Crippen LogP contribution in [0.5, 0.6) is 0 Å². The Morgan fingerprint density at radius 1 is 1.26 bits per heavy atom. The zero-order valence-electron chi connectivity index (χ0n) is 16.7. The quantitative estimate of drug-likeness (QED) is 0.574. The molecule has 142 valence electrons. The van der Waals surface area contributed by atoms with Gasteiger partial charge in [-0.1, -0.05) is 56.3 Å². The summed E-state index contributed by atoms with van der Waals surface area (Å²) in [6.07, 6.45) is 9.55. The van der Waals surface area contributed by atoms with Crippen molar-refractivity contribution >= 4 is 16.7 Å². The van der Waals surface area contributed by atoms with Crippen molar-refractivity contribution < 1.29 is 9.53 Å². The van der Waals surface area contributed by atoms with Crippen LogP contribution in [0.3, 0.4) is 0 Å². The van der Waals surface area contributed by atoms with Crippen molar-refractivity contribution in [1.29, 1.82) is 0 Å². The zero-order chi connectivity index (χ0) is 19.8. The summed E-state index contributed by atoms with van der Waals surface area (Å²) in [4.78, 5) is 12.3. The minimum absolute atomic E-state index is 0.302. The summed E-state index contributed by atoms with van der Waals surface area (Å²) in [6, 6.07) is 10.5. The van der Waals surface area contributed by atoms with E-state index in [1.54, 1.807) is 0 Å². The summed E-state index contributed by atoms with van der Waals surface area (Å²) < 4.78 is 5.02. The third-order valence-electron chi connectivity index (χ3n) is 4.52. The molecule has 0 bridgehead atoms. The Morgan fingerprint density at radius 3 is 2.56 bits per heavy atom. The maximum absolute atomic E-state index is 12.3. The monoisotopic (exact) mass is 363 g/mol. The first-order chi connectivity index (χ1) is 13.1. The van der Waals surface area contributed by atoms with Gasteiger partial charge in [-0.15, -0.1) is 6.58 Å². The minimum Gasteiger partial charge on any atom is -0.465 e. The highest BCUT2D eigenvalue weighted by molar-refractivity contribution is 6.00. The Kier molecular flexibility index (Phi) is 7.42. The number of carbonyl (C=O) groups is 1. The number of dihydropyridines is 1. The lowest BCUT2D eigenvalue weighted by atomic mass is 9.90. The maximum Gasteiger partial charge on any atom is 0.338 e. The minimum atomic E-state index is -0.302. The highest BCUT2D eigenvalue weighted by Crippen LogP contribution is 2.29. The number of carbonyl (C=O) groups excluding carboxylic acids is 1. The molecule has 1 atom stereocenters. The fourth-order valence-electron chi connectivity index (χ4n) is 3.25. The van der Waals surface area contributed by atoms with E-state index >= 15 is 0 Å². The second-order valence-electron chi connectivity index (χ2n) is 6.30. The predicted octanol–water partition coefficient (Wildman–Crippen LogP) is 5.36. The lowest BCUT2D eigenvalue weighted by Gasteiger charge is -2.18. The summed E-state index contributed by atoms with van der Waals surface area (Å²) in [5, 5.41) is 5.58. The SMILES string of the molecule is C=CCc1c(C(=O)OC)cc(CC2=CNC(C)C=C2)c2ccccc12.CC. The van der Waals surface area contributed by atoms with E-state index in [-0.39, 0.29) is 5.97 Å². The van der Waals surface area contributed by atoms with E-state index in [0.29, 0.717) is 18.0 Å². The molecule has 0 saturated carbocycles. The smallest absolute Gasteiger partial charge is 0.338 e. The molecule has 3 rings (SSSR count). The number of hydrogen-bond donors (Lipinski definition) is 1. The van der Waals surface area contributed by atoms with Crippen LogP contribution in [0.2, 0.25) is 0 Å². The molecule has 1 aliphatic rings. The Balaban J connectivity index is 0.00000126. The first-order valence-corrected chi connectivity index (χ1v) is 9.50. The summed E-state index contributed by atoms with van der Waals surface area (Å²) in [7, 11) is 1.42. The van der Waals surface area contributed by atoms with Gasteiger partial charge < -0.3 is 10.1 Å². The van der Waals surface area contributed by atoms with E-state index < -0.39 is 0 Å². The van der Waals surface area contributed by atoms with Crippen LogP contribution >= 0.6 is 0 Å². The van der Waals surface area contributed by atoms with Crippen molar-refractivity contribution in [3.63, 3.8) is 0 Å². The van der Waals surface area contributed by atoms with Crippen molar-refractivity contribution in [2.45, 2.75) is 39.7 Å². The third-order valence-corrected chi connectivity index (χ3v) is 4.52. The fourth-order valence-corrected chi connectivity index (χ4v) is 3.25. The van der Waals surface area contributed by atoms with Crippen molar-refractivity contribution in [3.8, 4) is 0 Å². The molecule has 0 radical (unpaired) electrons. The topological polar surface area (TPSA) is 38.3 Å². The molecular weight excluding hydrogens is 334 g/mol. The summed E-state index contributed by atoms with van der Waals surface area (Å²) in [6.45, 7) is 9.94. The van der Waals surface area contributed by atoms with Crippen LogP contribution in [0, 0.1) is 0 Å². The van der Waals surface area contributed by atoms with Gasteiger partial charge in [-0.3, -0.25) is 0 Å². The van der Waals surface area contributed by atoms with Crippen LogP contribution in [-0.2, 0) is 17.6 Å². The van der Waals surface area contributed by atoms with Gasteiger partial charge in [-0.25, -0.2) is 4.79 Å². The largest absolute Gasteiger partial charge is 0.465 e. The lowest BCUT2D eigenvalue weighted by molar-refractivity contribution is 0.0600. The van der Waals surface area contributed by atoms with Gasteiger partial charge in [0.05, 0.1) is 12.7 Å². The number of rotatable bonds is 5. The molecule has 1 N–H and O–H groups in total. The molecule has 2 aromatic rings. The van der Waals surface area contributed by atoms with Crippen molar-refractivity contribution in [1.82, 2.24) is 5.32 Å². The first-order valence-electron chi connectivity index (χ1n) is 9.50. The maximum atomic E-state index is 12.3. The van der Waals surface area contributed by atoms with E-state index in [4.69, 9.17) is 4.74 Å². The van der Waals surface area contributed by atoms with Crippen LogP contribution in [0.1, 0.15) is 42.3 Å². The molecule has 2 aromatic carbocycles. The lowest BCUT2D eigenvalue weighted by Crippen LogP contribution is -2.21. The zero-order valence-corrected chi connectivity index (χ0v) is 16.7. The van der Waals surface area contributed by atoms with E-state index in [1.807, 2.05) is 38.1 Å². The molecule has 0 aromatic heterocycles. The molecule has 1 heterocycles. The van der Waals surface area contributed by atoms with E-state index in [0.717, 1.165) is 22.9 Å². The molecule has 0 saturated heterocycles. The van der Waals surface area contributed by atoms with Gasteiger partial charge in [-0.2, -0.15) is 0 Å². The molecule has 27 heavy (non-hydrogen) atoms. The second-order valence-corrected chi connectivity index (χ2v) is 6.30. The Morgan fingerprint density at radius 2 is 1.96 bits per heavy atom. The Hall–Kier alpha value is -2.81. The number of fused-ring (bicyclic) bond motifs is 1. The van der Waals surface area contributed by atoms with Crippen molar-refractivity contribution in [2.75, 3.05) is 7.11 Å². The Bertz CT molecular complexity index is 877. The van der Waals surface area contributed by atoms with Crippen LogP contribution < -0.4 is 5.32 Å². The summed E-state index contributed by atoms with van der Waals surface area (Å²) in [5.41, 5.74) is 3.91. The number of benzene rings is 2. The fraction of sp³-hybridized carbons (Fsp3) is 0.292. The molecule has 0 spiro atoms. The number of nitrogens with one attached hydrogen (secondary N) is 1. The molecule has 1 aliphatic heterocycles. The summed E-state index contributed by atoms with van der Waals surface area (Å²) in [5.74, 6) is -0.302. The number of allylic oxidation sites excluding steroid dienone is 3. The molecule has 3 nitrogen and oxygen atoms in total. The van der Waals surface area contributed by atoms with Gasteiger partial charge in [0.2, 0.25) is 0 Å². The molecule has 0 fully saturated rings. The number of ether oxygens (including phenoxy) is 1. The second kappa shape index (κ2) is 9.77. The van der Waals surface area contributed by atoms with Gasteiger partial charge in [0.25, 0.3) is 0 Å². The number of hydrogen-bond acceptors (Lipinski definition) is 3. The number of methoxy groups -OCH3 is 1. The summed E-state index contributed by atoms with van der Waals surface area (Å²) >= 11 is 0.